The van der Waals surface area contributed by atoms with Crippen LogP contribution in [0.5, 0.6) is 0 Å². The minimum absolute atomic E-state index is 0. The summed E-state index contributed by atoms with van der Waals surface area (Å²) in [5, 5.41) is 10.6. The van der Waals surface area contributed by atoms with Gasteiger partial charge in [-0.05, 0) is 5.75 Å². The average Bonchev–Trinajstić information content (AvgIpc) is 3.57. The molecule has 2 aromatic rings. The maximum atomic E-state index is 13.8. The van der Waals surface area contributed by atoms with Gasteiger partial charge in [0.2, 0.25) is 34.9 Å². The summed E-state index contributed by atoms with van der Waals surface area (Å²) in [7, 11) is 1.08. The molecule has 2 aromatic heterocycles. The number of rotatable bonds is 12. The van der Waals surface area contributed by atoms with Gasteiger partial charge < -0.3 is 21.8 Å². The second-order valence-corrected chi connectivity index (χ2v) is 11.3. The third kappa shape index (κ3) is 9.96. The van der Waals surface area contributed by atoms with Crippen LogP contribution in [0.1, 0.15) is 46.7 Å². The van der Waals surface area contributed by atoms with Crippen molar-refractivity contribution in [3.63, 3.8) is 0 Å². The maximum Gasteiger partial charge on any atom is 1.00 e. The molecule has 0 aromatic carbocycles. The molecule has 0 N–H and O–H groups in total. The van der Waals surface area contributed by atoms with E-state index in [4.69, 9.17) is 11.6 Å². The predicted octanol–water partition coefficient (Wildman–Crippen LogP) is 4.39. The number of nitrogens with zero attached hydrogens (tertiary/aromatic N) is 6. The van der Waals surface area contributed by atoms with Crippen LogP contribution in [0.2, 0.25) is 0 Å². The van der Waals surface area contributed by atoms with Gasteiger partial charge >= 0.3 is 77.4 Å². The Hall–Kier alpha value is -1.65. The Morgan fingerprint density at radius 2 is 0.904 bits per heavy atom. The van der Waals surface area contributed by atoms with Gasteiger partial charge in [0.1, 0.15) is 0 Å². The Labute approximate surface area is 316 Å². The van der Waals surface area contributed by atoms with Crippen LogP contribution < -0.4 is 29.6 Å². The summed E-state index contributed by atoms with van der Waals surface area (Å²) in [6, 6.07) is 0. The molecule has 0 amide bonds. The first-order chi connectivity index (χ1) is 22.7. The Morgan fingerprint density at radius 3 is 1.15 bits per heavy atom. The Bertz CT molecular complexity index is 1500. The summed E-state index contributed by atoms with van der Waals surface area (Å²) in [4.78, 5) is 22.8. The summed E-state index contributed by atoms with van der Waals surface area (Å²) in [5.74, 6) is -48.3. The van der Waals surface area contributed by atoms with Crippen LogP contribution >= 0.6 is 23.4 Å². The van der Waals surface area contributed by atoms with Gasteiger partial charge in [-0.3, -0.25) is 9.59 Å². The number of hydrogen-bond donors (Lipinski definition) is 0. The number of carbonyl (C=O) groups is 2. The minimum atomic E-state index is -7.06. The monoisotopic (exact) mass is 864 g/mol. The average molecular weight is 865 g/mol. The number of Topliss-reactive ketones (excluding diaryl/α,β-unsaturated/α-hetero) is 2. The first kappa shape index (κ1) is 52.5. The summed E-state index contributed by atoms with van der Waals surface area (Å²) in [6.45, 7) is 3.59. The maximum absolute atomic E-state index is 13.8. The molecule has 0 radical (unpaired) electrons. The summed E-state index contributed by atoms with van der Waals surface area (Å²) in [6.07, 6.45) is -13.9. The van der Waals surface area contributed by atoms with Crippen LogP contribution in [-0.4, -0.2) is 100 Å². The van der Waals surface area contributed by atoms with E-state index in [1.165, 1.54) is 0 Å². The van der Waals surface area contributed by atoms with Gasteiger partial charge in [-0.1, -0.05) is 13.8 Å². The van der Waals surface area contributed by atoms with Crippen molar-refractivity contribution in [1.82, 2.24) is 29.5 Å². The summed E-state index contributed by atoms with van der Waals surface area (Å²) >= 11 is 10.5. The van der Waals surface area contributed by atoms with Crippen LogP contribution in [0, 0.1) is 0 Å². The smallest absolute Gasteiger partial charge is 0.793 e. The summed E-state index contributed by atoms with van der Waals surface area (Å²) in [5.41, 5.74) is 0. The van der Waals surface area contributed by atoms with Crippen molar-refractivity contribution in [1.29, 1.82) is 0 Å². The van der Waals surface area contributed by atoms with Gasteiger partial charge in [-0.15, -0.1) is 32.0 Å². The molecule has 0 aliphatic rings. The molecule has 0 saturated heterocycles. The van der Waals surface area contributed by atoms with Gasteiger partial charge in [0.25, 0.3) is 0 Å². The van der Waals surface area contributed by atoms with Crippen LogP contribution in [-0.2, 0) is 38.6 Å². The van der Waals surface area contributed by atoms with Crippen molar-refractivity contribution in [2.45, 2.75) is 61.7 Å². The molecule has 8 nitrogen and oxygen atoms in total. The van der Waals surface area contributed by atoms with E-state index in [1.807, 2.05) is 6.92 Å². The van der Waals surface area contributed by atoms with Gasteiger partial charge in [0.15, 0.2) is 0 Å². The zero-order chi connectivity index (χ0) is 41.0. The molecule has 0 saturated carbocycles. The van der Waals surface area contributed by atoms with Gasteiger partial charge in [-0.2, -0.15) is 96.5 Å². The largest absolute Gasteiger partial charge is 1.00 e. The number of thioether (sulfide) groups is 1. The Morgan fingerprint density at radius 1 is 0.615 bits per heavy atom. The van der Waals surface area contributed by atoms with Gasteiger partial charge in [-0.25, -0.2) is 0 Å². The zero-order valence-electron chi connectivity index (χ0n) is 26.3. The van der Waals surface area contributed by atoms with Crippen LogP contribution in [0.15, 0.2) is 0 Å². The van der Waals surface area contributed by atoms with Crippen molar-refractivity contribution in [2.24, 2.45) is 14.1 Å². The van der Waals surface area contributed by atoms with E-state index in [2.05, 4.69) is 33.0 Å². The number of ketones is 2. The molecule has 0 fully saturated rings. The molecule has 0 atom stereocenters. The molecule has 0 aliphatic heterocycles. The molecule has 296 valence electrons. The van der Waals surface area contributed by atoms with E-state index < -0.39 is 88.6 Å². The molecule has 0 aliphatic carbocycles. The molecule has 52 heavy (non-hydrogen) atoms. The van der Waals surface area contributed by atoms with Crippen molar-refractivity contribution in [2.75, 3.05) is 23.1 Å². The van der Waals surface area contributed by atoms with Crippen LogP contribution in [0.25, 0.3) is 0 Å². The van der Waals surface area contributed by atoms with Crippen molar-refractivity contribution < 1.29 is 118 Å². The second-order valence-electron chi connectivity index (χ2n) is 9.16. The van der Waals surface area contributed by atoms with E-state index in [9.17, 15) is 88.6 Å². The van der Waals surface area contributed by atoms with E-state index >= 15 is 0 Å². The minimum Gasteiger partial charge on any atom is -0.793 e. The Balaban J connectivity index is 0. The SMILES string of the molecule is CCSCC(=O)c1nnc(C(F)(F)C(F)(F)C(F)(F)C(F)(F)F)n1C.CC[S-].Cn1c(C(=O)CCl)nnc1C(F)(F)C(F)(F)C(F)(F)C(F)(F)F.[Na+]. The van der Waals surface area contributed by atoms with E-state index in [1.54, 1.807) is 6.92 Å². The normalized spacial score (nSPS) is 13.4. The topological polar surface area (TPSA) is 95.6 Å². The standard InChI is InChI=1S/C11H10F9N3OS.C9H5ClF9N3O.C2H6S.Na/c1-3-25-4-5(24)6-21-22-7(23(6)2)8(12,13)9(14,15)10(16,17)11(18,19)20;1-22-4(3(23)2-10)20-21-5(22)6(11,12)7(13,14)8(15,16)9(17,18)19;1-2-3;/h3-4H2,1-2H3;2H2,1H3;3H,2H2,1H3;/q;;;+1/p-1. The molecule has 2 rings (SSSR count). The molecule has 0 spiro atoms. The number of alkyl halides is 19. The number of aromatic nitrogens is 6. The second kappa shape index (κ2) is 18.3. The third-order valence-electron chi connectivity index (χ3n) is 5.66. The van der Waals surface area contributed by atoms with Crippen LogP contribution in [0.4, 0.5) is 79.0 Å². The molecular formula is C22H20ClF18N6NaO2S2. The molecule has 0 unspecified atom stereocenters. The fourth-order valence-corrected chi connectivity index (χ4v) is 3.68. The zero-order valence-corrected chi connectivity index (χ0v) is 30.7. The van der Waals surface area contributed by atoms with Crippen molar-refractivity contribution in [3.8, 4) is 0 Å². The predicted molar refractivity (Wildman–Crippen MR) is 142 cm³/mol. The number of carbonyl (C=O) groups excluding carboxylic acids is 2. The summed E-state index contributed by atoms with van der Waals surface area (Å²) < 4.78 is 231. The quantitative estimate of drug-likeness (QED) is 0.102. The van der Waals surface area contributed by atoms with Crippen molar-refractivity contribution in [3.05, 3.63) is 23.3 Å². The van der Waals surface area contributed by atoms with E-state index in [0.717, 1.165) is 17.5 Å². The first-order valence-electron chi connectivity index (χ1n) is 12.6. The fraction of sp³-hybridized carbons (Fsp3) is 0.727. The van der Waals surface area contributed by atoms with E-state index in [0.29, 0.717) is 19.8 Å². The van der Waals surface area contributed by atoms with Gasteiger partial charge in [0.05, 0.1) is 11.6 Å². The first-order valence-corrected chi connectivity index (χ1v) is 14.9. The number of hydrogen-bond acceptors (Lipinski definition) is 8. The number of halogens is 19. The molecular weight excluding hydrogens is 845 g/mol. The third-order valence-corrected chi connectivity index (χ3v) is 6.78. The Kier molecular flexibility index (Phi) is 18.5. The van der Waals surface area contributed by atoms with Crippen molar-refractivity contribution >= 4 is 47.6 Å². The molecule has 30 heteroatoms. The molecule has 2 heterocycles. The fourth-order valence-electron chi connectivity index (χ4n) is 3.04. The van der Waals surface area contributed by atoms with E-state index in [-0.39, 0.29) is 44.4 Å². The molecule has 0 bridgehead atoms. The van der Waals surface area contributed by atoms with Crippen LogP contribution in [0.3, 0.4) is 0 Å². The van der Waals surface area contributed by atoms with Gasteiger partial charge in [0, 0.05) is 14.1 Å².